The minimum Gasteiger partial charge on any atom is -0.496 e. The van der Waals surface area contributed by atoms with Crippen LogP contribution in [0.4, 0.5) is 4.79 Å². The molecule has 1 atom stereocenters. The molecule has 1 saturated heterocycles. The van der Waals surface area contributed by atoms with E-state index >= 15 is 0 Å². The summed E-state index contributed by atoms with van der Waals surface area (Å²) in [6.45, 7) is 1.39. The third kappa shape index (κ3) is 2.83. The van der Waals surface area contributed by atoms with Crippen molar-refractivity contribution < 1.29 is 14.3 Å². The largest absolute Gasteiger partial charge is 0.496 e. The van der Waals surface area contributed by atoms with Crippen LogP contribution < -0.4 is 10.1 Å². The third-order valence-electron chi connectivity index (χ3n) is 4.46. The molecule has 3 rings (SSSR count). The molecular formula is C16H22N2O3. The highest BCUT2D eigenvalue weighted by molar-refractivity contribution is 5.75. The highest BCUT2D eigenvalue weighted by atomic mass is 16.5. The number of hydrogen-bond acceptors (Lipinski definition) is 3. The highest BCUT2D eigenvalue weighted by Gasteiger charge is 2.32. The smallest absolute Gasteiger partial charge is 0.317 e. The van der Waals surface area contributed by atoms with Gasteiger partial charge in [-0.1, -0.05) is 12.1 Å². The molecule has 0 radical (unpaired) electrons. The number of hydrogen-bond donors (Lipinski definition) is 1. The summed E-state index contributed by atoms with van der Waals surface area (Å²) < 4.78 is 10.6. The number of rotatable bonds is 3. The number of likely N-dealkylation sites (tertiary alicyclic amines) is 1. The zero-order valence-electron chi connectivity index (χ0n) is 12.6. The van der Waals surface area contributed by atoms with Crippen molar-refractivity contribution in [2.24, 2.45) is 0 Å². The van der Waals surface area contributed by atoms with E-state index in [0.717, 1.165) is 25.0 Å². The van der Waals surface area contributed by atoms with Crippen molar-refractivity contribution in [1.29, 1.82) is 0 Å². The first-order chi connectivity index (χ1) is 10.2. The van der Waals surface area contributed by atoms with Crippen LogP contribution in [0.2, 0.25) is 0 Å². The molecule has 5 nitrogen and oxygen atoms in total. The fourth-order valence-corrected chi connectivity index (χ4v) is 3.11. The Hall–Kier alpha value is -1.75. The number of amides is 2. The molecule has 1 aromatic rings. The van der Waals surface area contributed by atoms with Crippen molar-refractivity contribution in [3.8, 4) is 5.75 Å². The number of nitrogens with zero attached hydrogens (tertiary/aromatic N) is 1. The number of fused-ring (bicyclic) bond motifs is 1. The lowest BCUT2D eigenvalue weighted by Gasteiger charge is -2.39. The Bertz CT molecular complexity index is 526. The van der Waals surface area contributed by atoms with Crippen LogP contribution in [-0.2, 0) is 17.6 Å². The molecule has 1 N–H and O–H groups in total. The average molecular weight is 290 g/mol. The Kier molecular flexibility index (Phi) is 4.01. The second-order valence-corrected chi connectivity index (χ2v) is 5.75. The second-order valence-electron chi connectivity index (χ2n) is 5.75. The van der Waals surface area contributed by atoms with Gasteiger partial charge in [0.1, 0.15) is 5.75 Å². The molecule has 2 aliphatic rings. The summed E-state index contributed by atoms with van der Waals surface area (Å²) in [4.78, 5) is 13.9. The monoisotopic (exact) mass is 290 g/mol. The molecule has 21 heavy (non-hydrogen) atoms. The van der Waals surface area contributed by atoms with Crippen LogP contribution in [0.25, 0.3) is 0 Å². The minimum atomic E-state index is 0.0275. The quantitative estimate of drug-likeness (QED) is 0.920. The van der Waals surface area contributed by atoms with Crippen LogP contribution in [0.15, 0.2) is 18.2 Å². The number of nitrogens with one attached hydrogen (secondary N) is 1. The molecule has 1 unspecified atom stereocenters. The number of ether oxygens (including phenoxy) is 2. The number of methoxy groups -OCH3 is 2. The summed E-state index contributed by atoms with van der Waals surface area (Å²) in [6, 6.07) is 6.38. The Balaban J connectivity index is 1.58. The zero-order chi connectivity index (χ0) is 14.8. The molecule has 0 saturated carbocycles. The first kappa shape index (κ1) is 14.2. The van der Waals surface area contributed by atoms with Gasteiger partial charge in [0.2, 0.25) is 0 Å². The van der Waals surface area contributed by atoms with E-state index in [-0.39, 0.29) is 18.2 Å². The van der Waals surface area contributed by atoms with Crippen molar-refractivity contribution >= 4 is 6.03 Å². The van der Waals surface area contributed by atoms with Gasteiger partial charge in [0.25, 0.3) is 0 Å². The first-order valence-corrected chi connectivity index (χ1v) is 7.44. The second kappa shape index (κ2) is 5.93. The molecule has 114 valence electrons. The van der Waals surface area contributed by atoms with Crippen molar-refractivity contribution in [3.05, 3.63) is 29.3 Å². The van der Waals surface area contributed by atoms with Crippen LogP contribution in [0.5, 0.6) is 5.75 Å². The van der Waals surface area contributed by atoms with E-state index in [9.17, 15) is 4.79 Å². The maximum atomic E-state index is 12.1. The maximum Gasteiger partial charge on any atom is 0.317 e. The summed E-state index contributed by atoms with van der Waals surface area (Å²) in [5, 5.41) is 3.13. The molecule has 1 fully saturated rings. The van der Waals surface area contributed by atoms with Gasteiger partial charge < -0.3 is 19.7 Å². The summed E-state index contributed by atoms with van der Waals surface area (Å²) in [5.41, 5.74) is 2.57. The fraction of sp³-hybridized carbons (Fsp3) is 0.562. The summed E-state index contributed by atoms with van der Waals surface area (Å²) in [6.07, 6.45) is 2.98. The van der Waals surface area contributed by atoms with Gasteiger partial charge in [-0.15, -0.1) is 0 Å². The van der Waals surface area contributed by atoms with Gasteiger partial charge in [-0.05, 0) is 36.5 Å². The molecule has 0 aromatic heterocycles. The van der Waals surface area contributed by atoms with E-state index in [2.05, 4.69) is 11.4 Å². The van der Waals surface area contributed by atoms with Gasteiger partial charge in [-0.3, -0.25) is 0 Å². The third-order valence-corrected chi connectivity index (χ3v) is 4.46. The van der Waals surface area contributed by atoms with E-state index in [1.54, 1.807) is 19.1 Å². The molecule has 1 aliphatic carbocycles. The van der Waals surface area contributed by atoms with E-state index in [4.69, 9.17) is 9.47 Å². The Morgan fingerprint density at radius 3 is 2.86 bits per heavy atom. The average Bonchev–Trinajstić information content (AvgIpc) is 2.45. The molecule has 2 amide bonds. The summed E-state index contributed by atoms with van der Waals surface area (Å²) in [5.74, 6) is 0.961. The Morgan fingerprint density at radius 1 is 1.33 bits per heavy atom. The van der Waals surface area contributed by atoms with Crippen LogP contribution >= 0.6 is 0 Å². The van der Waals surface area contributed by atoms with Crippen molar-refractivity contribution in [2.75, 3.05) is 27.3 Å². The van der Waals surface area contributed by atoms with E-state index in [1.165, 1.54) is 11.1 Å². The van der Waals surface area contributed by atoms with Crippen LogP contribution in [0, 0.1) is 0 Å². The molecule has 1 aliphatic heterocycles. The lowest BCUT2D eigenvalue weighted by molar-refractivity contribution is -0.00827. The predicted octanol–water partition coefficient (Wildman–Crippen LogP) is 1.59. The first-order valence-electron chi connectivity index (χ1n) is 7.44. The lowest BCUT2D eigenvalue weighted by atomic mass is 9.87. The summed E-state index contributed by atoms with van der Waals surface area (Å²) in [7, 11) is 3.39. The van der Waals surface area contributed by atoms with Crippen LogP contribution in [0.1, 0.15) is 17.5 Å². The number of urea groups is 1. The van der Waals surface area contributed by atoms with E-state index in [0.29, 0.717) is 13.1 Å². The number of carbonyl (C=O) groups excluding carboxylic acids is 1. The molecule has 1 aromatic carbocycles. The Morgan fingerprint density at radius 2 is 2.14 bits per heavy atom. The van der Waals surface area contributed by atoms with Gasteiger partial charge in [0.15, 0.2) is 0 Å². The molecule has 0 spiro atoms. The van der Waals surface area contributed by atoms with Gasteiger partial charge in [0.05, 0.1) is 26.3 Å². The molecule has 1 heterocycles. The predicted molar refractivity (Wildman–Crippen MR) is 79.7 cm³/mol. The maximum absolute atomic E-state index is 12.1. The van der Waals surface area contributed by atoms with Crippen molar-refractivity contribution in [3.63, 3.8) is 0 Å². The lowest BCUT2D eigenvalue weighted by Crippen LogP contribution is -2.59. The SMILES string of the molecule is COc1cccc2c1CCC(NC(=O)N1CC(OC)C1)C2. The number of benzene rings is 1. The molecular weight excluding hydrogens is 268 g/mol. The number of carbonyl (C=O) groups is 1. The standard InChI is InChI=1S/C16H22N2O3/c1-20-13-9-18(10-13)16(19)17-12-6-7-14-11(8-12)4-3-5-15(14)21-2/h3-5,12-13H,6-10H2,1-2H3,(H,17,19). The van der Waals surface area contributed by atoms with E-state index in [1.807, 2.05) is 12.1 Å². The van der Waals surface area contributed by atoms with Crippen LogP contribution in [0.3, 0.4) is 0 Å². The fourth-order valence-electron chi connectivity index (χ4n) is 3.11. The van der Waals surface area contributed by atoms with Gasteiger partial charge in [-0.2, -0.15) is 0 Å². The Labute approximate surface area is 125 Å². The van der Waals surface area contributed by atoms with Gasteiger partial charge in [-0.25, -0.2) is 4.79 Å². The minimum absolute atomic E-state index is 0.0275. The van der Waals surface area contributed by atoms with Crippen molar-refractivity contribution in [2.45, 2.75) is 31.4 Å². The van der Waals surface area contributed by atoms with Crippen LogP contribution in [-0.4, -0.2) is 50.4 Å². The van der Waals surface area contributed by atoms with E-state index < -0.39 is 0 Å². The molecule has 5 heteroatoms. The highest BCUT2D eigenvalue weighted by Crippen LogP contribution is 2.29. The van der Waals surface area contributed by atoms with Crippen molar-refractivity contribution in [1.82, 2.24) is 10.2 Å². The molecule has 0 bridgehead atoms. The van der Waals surface area contributed by atoms with Gasteiger partial charge in [0, 0.05) is 13.2 Å². The van der Waals surface area contributed by atoms with Gasteiger partial charge >= 0.3 is 6.03 Å². The normalized spacial score (nSPS) is 21.4. The summed E-state index contributed by atoms with van der Waals surface area (Å²) >= 11 is 0. The zero-order valence-corrected chi connectivity index (χ0v) is 12.6. The topological polar surface area (TPSA) is 50.8 Å².